The Hall–Kier alpha value is -0.970. The van der Waals surface area contributed by atoms with E-state index in [-0.39, 0.29) is 17.6 Å². The topological polar surface area (TPSA) is 61.4 Å². The average molecular weight is 315 g/mol. The molecule has 20 heavy (non-hydrogen) atoms. The SMILES string of the molecule is O=C1NCC[C@@]12CC(c1c(O)ccc(Cl)c1Cl)CCN2. The Morgan fingerprint density at radius 1 is 1.30 bits per heavy atom. The van der Waals surface area contributed by atoms with Crippen molar-refractivity contribution in [3.8, 4) is 5.75 Å². The lowest BCUT2D eigenvalue weighted by molar-refractivity contribution is -0.125. The highest BCUT2D eigenvalue weighted by atomic mass is 35.5. The van der Waals surface area contributed by atoms with Crippen molar-refractivity contribution in [2.45, 2.75) is 30.7 Å². The summed E-state index contributed by atoms with van der Waals surface area (Å²) in [6, 6.07) is 3.15. The van der Waals surface area contributed by atoms with Crippen LogP contribution in [-0.2, 0) is 4.79 Å². The van der Waals surface area contributed by atoms with Crippen LogP contribution in [0.3, 0.4) is 0 Å². The summed E-state index contributed by atoms with van der Waals surface area (Å²) in [5, 5.41) is 17.1. The van der Waals surface area contributed by atoms with Crippen LogP contribution in [0, 0.1) is 0 Å². The number of rotatable bonds is 1. The second-order valence-corrected chi connectivity index (χ2v) is 6.28. The zero-order valence-corrected chi connectivity index (χ0v) is 12.4. The Kier molecular flexibility index (Phi) is 3.56. The summed E-state index contributed by atoms with van der Waals surface area (Å²) in [4.78, 5) is 12.1. The third-order valence-electron chi connectivity index (χ3n) is 4.34. The number of halogens is 2. The van der Waals surface area contributed by atoms with E-state index in [0.717, 1.165) is 19.4 Å². The van der Waals surface area contributed by atoms with Crippen molar-refractivity contribution in [2.75, 3.05) is 13.1 Å². The monoisotopic (exact) mass is 314 g/mol. The molecule has 2 fully saturated rings. The summed E-state index contributed by atoms with van der Waals surface area (Å²) in [6.45, 7) is 1.41. The molecule has 0 saturated carbocycles. The predicted octanol–water partition coefficient (Wildman–Crippen LogP) is 2.42. The first-order chi connectivity index (χ1) is 9.53. The lowest BCUT2D eigenvalue weighted by Crippen LogP contribution is -2.55. The molecule has 0 aromatic heterocycles. The molecular weight excluding hydrogens is 299 g/mol. The molecular formula is C14H16Cl2N2O2. The molecule has 4 nitrogen and oxygen atoms in total. The number of piperidine rings is 1. The van der Waals surface area contributed by atoms with Gasteiger partial charge in [0.1, 0.15) is 11.3 Å². The van der Waals surface area contributed by atoms with E-state index in [0.29, 0.717) is 28.6 Å². The first-order valence-corrected chi connectivity index (χ1v) is 7.49. The van der Waals surface area contributed by atoms with Crippen LogP contribution in [0.5, 0.6) is 5.75 Å². The molecule has 1 aromatic rings. The van der Waals surface area contributed by atoms with E-state index in [9.17, 15) is 9.90 Å². The molecule has 1 unspecified atom stereocenters. The van der Waals surface area contributed by atoms with Gasteiger partial charge in [-0.3, -0.25) is 4.79 Å². The van der Waals surface area contributed by atoms with Gasteiger partial charge in [0.05, 0.1) is 10.0 Å². The van der Waals surface area contributed by atoms with Gasteiger partial charge in [0, 0.05) is 12.1 Å². The Balaban J connectivity index is 1.95. The van der Waals surface area contributed by atoms with Gasteiger partial charge < -0.3 is 15.7 Å². The molecule has 0 aliphatic carbocycles. The Labute approximate surface area is 127 Å². The third-order valence-corrected chi connectivity index (χ3v) is 5.16. The molecule has 6 heteroatoms. The molecule has 1 amide bonds. The van der Waals surface area contributed by atoms with Crippen molar-refractivity contribution in [1.82, 2.24) is 10.6 Å². The van der Waals surface area contributed by atoms with Gasteiger partial charge in [-0.25, -0.2) is 0 Å². The highest BCUT2D eigenvalue weighted by Crippen LogP contribution is 2.44. The number of carbonyl (C=O) groups excluding carboxylic acids is 1. The predicted molar refractivity (Wildman–Crippen MR) is 78.5 cm³/mol. The highest BCUT2D eigenvalue weighted by Gasteiger charge is 2.46. The van der Waals surface area contributed by atoms with E-state index in [1.54, 1.807) is 12.1 Å². The number of carbonyl (C=O) groups is 1. The van der Waals surface area contributed by atoms with Crippen LogP contribution in [0.25, 0.3) is 0 Å². The van der Waals surface area contributed by atoms with Crippen LogP contribution >= 0.6 is 23.2 Å². The minimum Gasteiger partial charge on any atom is -0.508 e. The number of benzene rings is 1. The minimum atomic E-state index is -0.527. The molecule has 3 N–H and O–H groups in total. The molecule has 2 saturated heterocycles. The lowest BCUT2D eigenvalue weighted by Gasteiger charge is -2.37. The fourth-order valence-corrected chi connectivity index (χ4v) is 3.79. The summed E-state index contributed by atoms with van der Waals surface area (Å²) >= 11 is 12.3. The minimum absolute atomic E-state index is 0.0336. The van der Waals surface area contributed by atoms with Crippen molar-refractivity contribution in [1.29, 1.82) is 0 Å². The van der Waals surface area contributed by atoms with Crippen molar-refractivity contribution >= 4 is 29.1 Å². The number of hydrogen-bond donors (Lipinski definition) is 3. The zero-order chi connectivity index (χ0) is 14.3. The van der Waals surface area contributed by atoms with Crippen molar-refractivity contribution in [2.24, 2.45) is 0 Å². The molecule has 108 valence electrons. The van der Waals surface area contributed by atoms with Crippen LogP contribution in [0.4, 0.5) is 0 Å². The molecule has 2 atom stereocenters. The number of hydrogen-bond acceptors (Lipinski definition) is 3. The molecule has 2 aliphatic heterocycles. The summed E-state index contributed by atoms with van der Waals surface area (Å²) in [7, 11) is 0. The molecule has 1 aromatic carbocycles. The standard InChI is InChI=1S/C14H16Cl2N2O2/c15-9-1-2-10(19)11(12(9)16)8-3-5-18-14(7-8)4-6-17-13(14)20/h1-2,8,18-19H,3-7H2,(H,17,20)/t8?,14-/m1/s1. The maximum Gasteiger partial charge on any atom is 0.240 e. The van der Waals surface area contributed by atoms with Crippen LogP contribution < -0.4 is 10.6 Å². The average Bonchev–Trinajstić information content (AvgIpc) is 2.76. The van der Waals surface area contributed by atoms with E-state index in [1.807, 2.05) is 0 Å². The highest BCUT2D eigenvalue weighted by molar-refractivity contribution is 6.42. The number of nitrogens with one attached hydrogen (secondary N) is 2. The van der Waals surface area contributed by atoms with Crippen molar-refractivity contribution in [3.05, 3.63) is 27.7 Å². The van der Waals surface area contributed by atoms with E-state index in [2.05, 4.69) is 10.6 Å². The largest absolute Gasteiger partial charge is 0.508 e. The number of aromatic hydroxyl groups is 1. The van der Waals surface area contributed by atoms with Gasteiger partial charge in [0.2, 0.25) is 5.91 Å². The smallest absolute Gasteiger partial charge is 0.240 e. The van der Waals surface area contributed by atoms with Gasteiger partial charge in [0.15, 0.2) is 0 Å². The van der Waals surface area contributed by atoms with Crippen LogP contribution in [-0.4, -0.2) is 29.6 Å². The Morgan fingerprint density at radius 2 is 2.10 bits per heavy atom. The van der Waals surface area contributed by atoms with Gasteiger partial charge in [-0.2, -0.15) is 0 Å². The number of amides is 1. The molecule has 0 radical (unpaired) electrons. The van der Waals surface area contributed by atoms with Gasteiger partial charge in [-0.1, -0.05) is 23.2 Å². The quantitative estimate of drug-likeness (QED) is 0.746. The molecule has 2 heterocycles. The van der Waals surface area contributed by atoms with Gasteiger partial charge >= 0.3 is 0 Å². The van der Waals surface area contributed by atoms with Crippen LogP contribution in [0.2, 0.25) is 10.0 Å². The molecule has 1 spiro atoms. The first kappa shape index (κ1) is 14.0. The third kappa shape index (κ3) is 2.16. The summed E-state index contributed by atoms with van der Waals surface area (Å²) in [6.07, 6.45) is 2.22. The summed E-state index contributed by atoms with van der Waals surface area (Å²) in [5.74, 6) is 0.228. The second kappa shape index (κ2) is 5.10. The number of phenolic OH excluding ortho intramolecular Hbond substituents is 1. The maximum absolute atomic E-state index is 12.1. The maximum atomic E-state index is 12.1. The number of phenols is 1. The molecule has 0 bridgehead atoms. The summed E-state index contributed by atoms with van der Waals surface area (Å²) in [5.41, 5.74) is 0.140. The molecule has 3 rings (SSSR count). The van der Waals surface area contributed by atoms with Crippen LogP contribution in [0.1, 0.15) is 30.7 Å². The fraction of sp³-hybridized carbons (Fsp3) is 0.500. The van der Waals surface area contributed by atoms with Crippen LogP contribution in [0.15, 0.2) is 12.1 Å². The van der Waals surface area contributed by atoms with E-state index < -0.39 is 5.54 Å². The molecule has 2 aliphatic rings. The van der Waals surface area contributed by atoms with Crippen molar-refractivity contribution in [3.63, 3.8) is 0 Å². The normalized spacial score (nSPS) is 29.7. The van der Waals surface area contributed by atoms with Gasteiger partial charge in [0.25, 0.3) is 0 Å². The van der Waals surface area contributed by atoms with Crippen molar-refractivity contribution < 1.29 is 9.90 Å². The van der Waals surface area contributed by atoms with E-state index >= 15 is 0 Å². The second-order valence-electron chi connectivity index (χ2n) is 5.50. The lowest BCUT2D eigenvalue weighted by atomic mass is 9.77. The summed E-state index contributed by atoms with van der Waals surface area (Å²) < 4.78 is 0. The Morgan fingerprint density at radius 3 is 2.80 bits per heavy atom. The zero-order valence-electron chi connectivity index (χ0n) is 10.9. The van der Waals surface area contributed by atoms with E-state index in [4.69, 9.17) is 23.2 Å². The van der Waals surface area contributed by atoms with Gasteiger partial charge in [-0.05, 0) is 43.9 Å². The first-order valence-electron chi connectivity index (χ1n) is 6.74. The Bertz CT molecular complexity index is 564. The fourth-order valence-electron chi connectivity index (χ4n) is 3.31. The van der Waals surface area contributed by atoms with Gasteiger partial charge in [-0.15, -0.1) is 0 Å². The van der Waals surface area contributed by atoms with E-state index in [1.165, 1.54) is 0 Å².